The summed E-state index contributed by atoms with van der Waals surface area (Å²) in [5.74, 6) is 1.77. The van der Waals surface area contributed by atoms with E-state index in [-0.39, 0.29) is 55.4 Å². The summed E-state index contributed by atoms with van der Waals surface area (Å²) < 4.78 is 26.1. The molecule has 160 valence electrons. The SMILES string of the molecule is CC.CC.O=C1CC2OC3OCOC3C2O1.O=C1OC2CC3CC(C2)CC1C3. The monoisotopic (exact) mass is 398 g/mol. The molecule has 5 saturated heterocycles. The summed E-state index contributed by atoms with van der Waals surface area (Å²) in [6.45, 7) is 8.23. The second-order valence-corrected chi connectivity index (χ2v) is 7.78. The van der Waals surface area contributed by atoms with Gasteiger partial charge in [0.25, 0.3) is 0 Å². The predicted octanol–water partition coefficient (Wildman–Crippen LogP) is 3.19. The molecule has 0 radical (unpaired) electrons. The van der Waals surface area contributed by atoms with Crippen LogP contribution in [-0.2, 0) is 33.3 Å². The maximum Gasteiger partial charge on any atom is 0.309 e. The van der Waals surface area contributed by atoms with Gasteiger partial charge in [0.15, 0.2) is 25.3 Å². The third-order valence-electron chi connectivity index (χ3n) is 6.11. The Morgan fingerprint density at radius 3 is 2.14 bits per heavy atom. The molecule has 0 N–H and O–H groups in total. The Balaban J connectivity index is 0.000000137. The van der Waals surface area contributed by atoms with Crippen LogP contribution in [0.15, 0.2) is 0 Å². The summed E-state index contributed by atoms with van der Waals surface area (Å²) in [4.78, 5) is 22.3. The zero-order chi connectivity index (χ0) is 20.3. The van der Waals surface area contributed by atoms with Gasteiger partial charge >= 0.3 is 11.9 Å². The third kappa shape index (κ3) is 4.36. The van der Waals surface area contributed by atoms with Crippen LogP contribution in [0.25, 0.3) is 0 Å². The molecule has 0 aromatic rings. The molecule has 2 aliphatic carbocycles. The summed E-state index contributed by atoms with van der Waals surface area (Å²) in [5.41, 5.74) is 0. The molecule has 5 aliphatic heterocycles. The molecule has 0 aromatic carbocycles. The van der Waals surface area contributed by atoms with Crippen molar-refractivity contribution in [3.8, 4) is 0 Å². The van der Waals surface area contributed by atoms with Crippen molar-refractivity contribution in [1.29, 1.82) is 0 Å². The van der Waals surface area contributed by atoms with Gasteiger partial charge < -0.3 is 23.7 Å². The summed E-state index contributed by atoms with van der Waals surface area (Å²) in [7, 11) is 0. The van der Waals surface area contributed by atoms with Crippen LogP contribution in [-0.4, -0.2) is 49.4 Å². The van der Waals surface area contributed by atoms with Crippen molar-refractivity contribution >= 4 is 11.9 Å². The zero-order valence-corrected chi connectivity index (χ0v) is 17.4. The number of hydrogen-bond donors (Lipinski definition) is 0. The molecule has 7 heteroatoms. The molecule has 7 aliphatic rings. The molecular weight excluding hydrogens is 364 g/mol. The first-order valence-corrected chi connectivity index (χ1v) is 10.9. The van der Waals surface area contributed by atoms with Gasteiger partial charge in [-0.1, -0.05) is 27.7 Å². The molecule has 0 amide bonds. The van der Waals surface area contributed by atoms with E-state index in [1.54, 1.807) is 0 Å². The minimum absolute atomic E-state index is 0.102. The Morgan fingerprint density at radius 1 is 0.786 bits per heavy atom. The first kappa shape index (κ1) is 21.5. The van der Waals surface area contributed by atoms with Crippen LogP contribution < -0.4 is 0 Å². The molecule has 4 bridgehead atoms. The lowest BCUT2D eigenvalue weighted by molar-refractivity contribution is -0.151. The Kier molecular flexibility index (Phi) is 7.34. The van der Waals surface area contributed by atoms with Gasteiger partial charge in [0.1, 0.15) is 12.2 Å². The number of ether oxygens (including phenoxy) is 5. The second-order valence-electron chi connectivity index (χ2n) is 7.78. The molecule has 28 heavy (non-hydrogen) atoms. The van der Waals surface area contributed by atoms with E-state index in [1.807, 2.05) is 27.7 Å². The van der Waals surface area contributed by atoms with E-state index in [9.17, 15) is 9.59 Å². The first-order chi connectivity index (χ1) is 13.7. The highest BCUT2D eigenvalue weighted by molar-refractivity contribution is 5.73. The molecule has 0 aromatic heterocycles. The topological polar surface area (TPSA) is 80.3 Å². The van der Waals surface area contributed by atoms with Gasteiger partial charge in [0, 0.05) is 0 Å². The first-order valence-electron chi connectivity index (χ1n) is 10.9. The number of carbonyl (C=O) groups excluding carboxylic acids is 2. The van der Waals surface area contributed by atoms with Crippen LogP contribution in [0.4, 0.5) is 0 Å². The average molecular weight is 398 g/mol. The molecule has 7 nitrogen and oxygen atoms in total. The standard InChI is InChI=1S/C10H14O2.C7H8O5.2C2H6/c11-10-8-2-6-1-7(3-8)5-9(4-6)12-10;8-4-1-3-5(12-4)6-7(11-3)10-2-9-6;2*1-2/h6-9H,1-5H2;3,5-7H,1-2H2;2*1-2H3. The molecule has 6 atom stereocenters. The molecule has 7 rings (SSSR count). The fraction of sp³-hybridized carbons (Fsp3) is 0.905. The highest BCUT2D eigenvalue weighted by atomic mass is 16.8. The van der Waals surface area contributed by atoms with E-state index in [1.165, 1.54) is 6.42 Å². The van der Waals surface area contributed by atoms with Gasteiger partial charge in [-0.3, -0.25) is 9.59 Å². The summed E-state index contributed by atoms with van der Waals surface area (Å²) in [6.07, 6.45) is 5.57. The molecule has 2 saturated carbocycles. The minimum Gasteiger partial charge on any atom is -0.462 e. The van der Waals surface area contributed by atoms with Crippen molar-refractivity contribution in [2.75, 3.05) is 6.79 Å². The van der Waals surface area contributed by atoms with Crippen LogP contribution in [0.1, 0.15) is 66.2 Å². The summed E-state index contributed by atoms with van der Waals surface area (Å²) in [5, 5.41) is 0. The van der Waals surface area contributed by atoms with Crippen molar-refractivity contribution in [1.82, 2.24) is 0 Å². The highest BCUT2D eigenvalue weighted by Gasteiger charge is 2.55. The van der Waals surface area contributed by atoms with Crippen molar-refractivity contribution in [3.63, 3.8) is 0 Å². The largest absolute Gasteiger partial charge is 0.462 e. The molecule has 5 heterocycles. The smallest absolute Gasteiger partial charge is 0.309 e. The van der Waals surface area contributed by atoms with E-state index >= 15 is 0 Å². The number of carbonyl (C=O) groups is 2. The Labute approximate surface area is 167 Å². The van der Waals surface area contributed by atoms with E-state index in [2.05, 4.69) is 0 Å². The Hall–Kier alpha value is -1.18. The fourth-order valence-electron chi connectivity index (χ4n) is 5.20. The second kappa shape index (κ2) is 9.55. The number of fused-ring (bicyclic) bond motifs is 4. The van der Waals surface area contributed by atoms with E-state index in [0.717, 1.165) is 37.5 Å². The van der Waals surface area contributed by atoms with Gasteiger partial charge in [-0.25, -0.2) is 0 Å². The normalized spacial score (nSPS) is 43.7. The van der Waals surface area contributed by atoms with Gasteiger partial charge in [-0.2, -0.15) is 0 Å². The number of esters is 2. The molecule has 6 unspecified atom stereocenters. The van der Waals surface area contributed by atoms with Gasteiger partial charge in [0.05, 0.1) is 12.3 Å². The molecule has 7 fully saturated rings. The maximum absolute atomic E-state index is 11.4. The average Bonchev–Trinajstić information content (AvgIpc) is 3.33. The van der Waals surface area contributed by atoms with Crippen LogP contribution in [0, 0.1) is 17.8 Å². The molecular formula is C21H34O7. The lowest BCUT2D eigenvalue weighted by Crippen LogP contribution is -2.30. The van der Waals surface area contributed by atoms with Gasteiger partial charge in [-0.05, 0) is 43.9 Å². The molecule has 0 spiro atoms. The van der Waals surface area contributed by atoms with Crippen LogP contribution >= 0.6 is 0 Å². The van der Waals surface area contributed by atoms with E-state index in [0.29, 0.717) is 6.42 Å². The highest BCUT2D eigenvalue weighted by Crippen LogP contribution is 2.46. The lowest BCUT2D eigenvalue weighted by atomic mass is 9.68. The zero-order valence-electron chi connectivity index (χ0n) is 17.4. The van der Waals surface area contributed by atoms with Crippen LogP contribution in [0.5, 0.6) is 0 Å². The summed E-state index contributed by atoms with van der Waals surface area (Å²) in [6, 6.07) is 0. The number of rotatable bonds is 0. The quantitative estimate of drug-likeness (QED) is 0.580. The summed E-state index contributed by atoms with van der Waals surface area (Å²) >= 11 is 0. The van der Waals surface area contributed by atoms with E-state index in [4.69, 9.17) is 23.7 Å². The van der Waals surface area contributed by atoms with Crippen molar-refractivity contribution < 1.29 is 33.3 Å². The minimum atomic E-state index is -0.326. The number of hydrogen-bond acceptors (Lipinski definition) is 7. The van der Waals surface area contributed by atoms with Gasteiger partial charge in [0.2, 0.25) is 0 Å². The maximum atomic E-state index is 11.4. The Morgan fingerprint density at radius 2 is 1.46 bits per heavy atom. The van der Waals surface area contributed by atoms with E-state index < -0.39 is 0 Å². The van der Waals surface area contributed by atoms with Gasteiger partial charge in [-0.15, -0.1) is 0 Å². The fourth-order valence-corrected chi connectivity index (χ4v) is 5.20. The Bertz CT molecular complexity index is 537. The van der Waals surface area contributed by atoms with Crippen molar-refractivity contribution in [2.45, 2.75) is 96.9 Å². The van der Waals surface area contributed by atoms with Crippen molar-refractivity contribution in [3.05, 3.63) is 0 Å². The third-order valence-corrected chi connectivity index (χ3v) is 6.11. The predicted molar refractivity (Wildman–Crippen MR) is 100 cm³/mol. The lowest BCUT2D eigenvalue weighted by Gasteiger charge is -2.35. The van der Waals surface area contributed by atoms with Crippen LogP contribution in [0.2, 0.25) is 0 Å². The van der Waals surface area contributed by atoms with Crippen LogP contribution in [0.3, 0.4) is 0 Å². The van der Waals surface area contributed by atoms with Crippen molar-refractivity contribution in [2.24, 2.45) is 17.8 Å².